The summed E-state index contributed by atoms with van der Waals surface area (Å²) in [5.41, 5.74) is 4.46. The largest absolute Gasteiger partial charge is 0.511 e. The lowest BCUT2D eigenvalue weighted by Gasteiger charge is -2.09. The van der Waals surface area contributed by atoms with Crippen LogP contribution in [-0.4, -0.2) is 21.1 Å². The van der Waals surface area contributed by atoms with E-state index >= 15 is 0 Å². The van der Waals surface area contributed by atoms with Crippen LogP contribution in [0.15, 0.2) is 36.4 Å². The molecular formula is C13H10N4O7. The van der Waals surface area contributed by atoms with Crippen LogP contribution in [0.2, 0.25) is 0 Å². The highest BCUT2D eigenvalue weighted by atomic mass is 16.7. The zero-order chi connectivity index (χ0) is 17.9. The maximum absolute atomic E-state index is 11.2. The number of nitrogens with zero attached hydrogens (tertiary/aromatic N) is 2. The lowest BCUT2D eigenvalue weighted by molar-refractivity contribution is -0.392. The molecule has 124 valence electrons. The van der Waals surface area contributed by atoms with E-state index in [9.17, 15) is 25.0 Å². The Morgan fingerprint density at radius 2 is 1.58 bits per heavy atom. The van der Waals surface area contributed by atoms with Gasteiger partial charge in [-0.1, -0.05) is 0 Å². The Hall–Kier alpha value is -3.89. The van der Waals surface area contributed by atoms with Crippen LogP contribution in [-0.2, 0) is 0 Å². The van der Waals surface area contributed by atoms with Crippen molar-refractivity contribution in [2.45, 2.75) is 0 Å². The summed E-state index contributed by atoms with van der Waals surface area (Å²) in [6.07, 6.45) is -1.75. The zero-order valence-corrected chi connectivity index (χ0v) is 11.8. The summed E-state index contributed by atoms with van der Waals surface area (Å²) >= 11 is 0. The van der Waals surface area contributed by atoms with Crippen LogP contribution >= 0.6 is 0 Å². The third kappa shape index (κ3) is 3.65. The fourth-order valence-electron chi connectivity index (χ4n) is 1.87. The highest BCUT2D eigenvalue weighted by Crippen LogP contribution is 2.40. The Morgan fingerprint density at radius 3 is 2.00 bits per heavy atom. The molecule has 0 saturated carbocycles. The number of carbonyl (C=O) groups is 1. The lowest BCUT2D eigenvalue weighted by Crippen LogP contribution is -2.06. The van der Waals surface area contributed by atoms with Crippen molar-refractivity contribution in [1.29, 1.82) is 0 Å². The number of hydrogen-bond donors (Lipinski definition) is 3. The lowest BCUT2D eigenvalue weighted by atomic mass is 10.2. The van der Waals surface area contributed by atoms with Gasteiger partial charge in [0, 0.05) is 11.4 Å². The number of ether oxygens (including phenoxy) is 1. The molecule has 0 fully saturated rings. The Morgan fingerprint density at radius 1 is 1.08 bits per heavy atom. The summed E-state index contributed by atoms with van der Waals surface area (Å²) in [6, 6.07) is 7.51. The minimum atomic E-state index is -1.75. The van der Waals surface area contributed by atoms with Crippen LogP contribution in [0, 0.1) is 20.2 Å². The van der Waals surface area contributed by atoms with Crippen molar-refractivity contribution in [2.24, 2.45) is 0 Å². The molecule has 24 heavy (non-hydrogen) atoms. The van der Waals surface area contributed by atoms with Crippen LogP contribution < -0.4 is 15.8 Å². The highest BCUT2D eigenvalue weighted by molar-refractivity contribution is 5.81. The van der Waals surface area contributed by atoms with Crippen LogP contribution in [0.3, 0.4) is 0 Å². The second kappa shape index (κ2) is 6.48. The minimum absolute atomic E-state index is 0.322. The molecule has 0 unspecified atom stereocenters. The standard InChI is InChI=1S/C13H10N4O7/c14-7-1-3-8(4-2-7)15-12-10(16(20)21)5-9(24-13(18)19)6-11(12)17(22)23/h1-6,15H,14H2,(H,18,19). The molecule has 2 aromatic carbocycles. The normalized spacial score (nSPS) is 10.0. The summed E-state index contributed by atoms with van der Waals surface area (Å²) in [5.74, 6) is -0.538. The number of rotatable bonds is 5. The van der Waals surface area contributed by atoms with Gasteiger partial charge in [-0.3, -0.25) is 20.2 Å². The van der Waals surface area contributed by atoms with E-state index in [2.05, 4.69) is 10.1 Å². The van der Waals surface area contributed by atoms with E-state index in [0.29, 0.717) is 11.4 Å². The predicted molar refractivity (Wildman–Crippen MR) is 82.5 cm³/mol. The number of nitro benzene ring substituents is 2. The fraction of sp³-hybridized carbons (Fsp3) is 0. The molecule has 0 saturated heterocycles. The smallest absolute Gasteiger partial charge is 0.449 e. The molecule has 0 spiro atoms. The summed E-state index contributed by atoms with van der Waals surface area (Å²) in [5, 5.41) is 33.5. The average Bonchev–Trinajstić information content (AvgIpc) is 2.49. The van der Waals surface area contributed by atoms with Crippen molar-refractivity contribution >= 4 is 34.6 Å². The van der Waals surface area contributed by atoms with Crippen molar-refractivity contribution in [3.8, 4) is 5.75 Å². The van der Waals surface area contributed by atoms with Gasteiger partial charge in [0.05, 0.1) is 22.0 Å². The quantitative estimate of drug-likeness (QED) is 0.244. The SMILES string of the molecule is Nc1ccc(Nc2c([N+](=O)[O-])cc(OC(=O)O)cc2[N+](=O)[O-])cc1. The van der Waals surface area contributed by atoms with Crippen LogP contribution in [0.4, 0.5) is 33.2 Å². The predicted octanol–water partition coefficient (Wildman–Crippen LogP) is 2.89. The molecule has 0 aromatic heterocycles. The van der Waals surface area contributed by atoms with Crippen LogP contribution in [0.1, 0.15) is 0 Å². The summed E-state index contributed by atoms with van der Waals surface area (Å²) in [4.78, 5) is 31.2. The van der Waals surface area contributed by atoms with E-state index in [-0.39, 0.29) is 0 Å². The topological polar surface area (TPSA) is 171 Å². The molecule has 0 bridgehead atoms. The van der Waals surface area contributed by atoms with Crippen LogP contribution in [0.5, 0.6) is 5.75 Å². The van der Waals surface area contributed by atoms with Crippen molar-refractivity contribution in [1.82, 2.24) is 0 Å². The molecule has 0 aliphatic heterocycles. The molecule has 0 aliphatic carbocycles. The molecule has 0 aliphatic rings. The number of nitro groups is 2. The van der Waals surface area contributed by atoms with Crippen LogP contribution in [0.25, 0.3) is 0 Å². The van der Waals surface area contributed by atoms with E-state index in [1.165, 1.54) is 24.3 Å². The van der Waals surface area contributed by atoms with Gasteiger partial charge in [0.2, 0.25) is 0 Å². The number of nitrogen functional groups attached to an aromatic ring is 1. The second-order valence-electron chi connectivity index (χ2n) is 4.47. The Balaban J connectivity index is 2.58. The number of nitrogens with two attached hydrogens (primary N) is 1. The molecule has 0 radical (unpaired) electrons. The van der Waals surface area contributed by atoms with Gasteiger partial charge in [-0.25, -0.2) is 4.79 Å². The summed E-state index contributed by atoms with van der Waals surface area (Å²) < 4.78 is 4.28. The average molecular weight is 334 g/mol. The number of hydrogen-bond acceptors (Lipinski definition) is 8. The first-order valence-electron chi connectivity index (χ1n) is 6.28. The van der Waals surface area contributed by atoms with Gasteiger partial charge in [0.1, 0.15) is 5.75 Å². The zero-order valence-electron chi connectivity index (χ0n) is 11.8. The van der Waals surface area contributed by atoms with Gasteiger partial charge in [-0.05, 0) is 24.3 Å². The first kappa shape index (κ1) is 16.5. The third-order valence-corrected chi connectivity index (χ3v) is 2.85. The number of nitrogens with one attached hydrogen (secondary N) is 1. The van der Waals surface area contributed by atoms with Gasteiger partial charge < -0.3 is 20.9 Å². The Bertz CT molecular complexity index is 785. The van der Waals surface area contributed by atoms with E-state index in [1.54, 1.807) is 0 Å². The highest BCUT2D eigenvalue weighted by Gasteiger charge is 2.28. The number of anilines is 3. The second-order valence-corrected chi connectivity index (χ2v) is 4.47. The van der Waals surface area contributed by atoms with Gasteiger partial charge in [0.25, 0.3) is 0 Å². The molecule has 0 atom stereocenters. The number of carboxylic acid groups (broad SMARTS) is 1. The molecular weight excluding hydrogens is 324 g/mol. The van der Waals surface area contributed by atoms with Crippen molar-refractivity contribution in [3.63, 3.8) is 0 Å². The van der Waals surface area contributed by atoms with Gasteiger partial charge >= 0.3 is 17.5 Å². The van der Waals surface area contributed by atoms with Crippen molar-refractivity contribution < 1.29 is 24.5 Å². The Kier molecular flexibility index (Phi) is 4.45. The third-order valence-electron chi connectivity index (χ3n) is 2.85. The molecule has 11 heteroatoms. The fourth-order valence-corrected chi connectivity index (χ4v) is 1.87. The molecule has 2 rings (SSSR count). The maximum Gasteiger partial charge on any atom is 0.511 e. The minimum Gasteiger partial charge on any atom is -0.449 e. The van der Waals surface area contributed by atoms with E-state index in [1.807, 2.05) is 0 Å². The summed E-state index contributed by atoms with van der Waals surface area (Å²) in [6.45, 7) is 0. The van der Waals surface area contributed by atoms with Gasteiger partial charge in [-0.15, -0.1) is 0 Å². The first-order chi connectivity index (χ1) is 11.3. The molecule has 2 aromatic rings. The van der Waals surface area contributed by atoms with E-state index in [0.717, 1.165) is 12.1 Å². The molecule has 0 amide bonds. The molecule has 0 heterocycles. The first-order valence-corrected chi connectivity index (χ1v) is 6.28. The monoisotopic (exact) mass is 334 g/mol. The van der Waals surface area contributed by atoms with Crippen molar-refractivity contribution in [2.75, 3.05) is 11.1 Å². The Labute approximate surface area is 133 Å². The van der Waals surface area contributed by atoms with Crippen molar-refractivity contribution in [3.05, 3.63) is 56.6 Å². The molecule has 11 nitrogen and oxygen atoms in total. The van der Waals surface area contributed by atoms with E-state index in [4.69, 9.17) is 10.8 Å². The maximum atomic E-state index is 11.2. The molecule has 4 N–H and O–H groups in total. The number of benzene rings is 2. The van der Waals surface area contributed by atoms with Gasteiger partial charge in [0.15, 0.2) is 5.69 Å². The van der Waals surface area contributed by atoms with Gasteiger partial charge in [-0.2, -0.15) is 0 Å². The summed E-state index contributed by atoms with van der Waals surface area (Å²) in [7, 11) is 0. The van der Waals surface area contributed by atoms with E-state index < -0.39 is 38.8 Å².